The summed E-state index contributed by atoms with van der Waals surface area (Å²) in [6.07, 6.45) is 2.15. The highest BCUT2D eigenvalue weighted by Gasteiger charge is 2.24. The van der Waals surface area contributed by atoms with Crippen LogP contribution in [0.1, 0.15) is 18.7 Å². The quantitative estimate of drug-likeness (QED) is 0.650. The molecule has 1 aliphatic rings. The van der Waals surface area contributed by atoms with Crippen LogP contribution in [0, 0.1) is 23.0 Å². The molecule has 1 N–H and O–H groups in total. The van der Waals surface area contributed by atoms with E-state index in [0.717, 1.165) is 26.1 Å². The molecule has 0 amide bonds. The van der Waals surface area contributed by atoms with E-state index in [4.69, 9.17) is 4.74 Å². The van der Waals surface area contributed by atoms with Gasteiger partial charge in [0.15, 0.2) is 0 Å². The number of hydrogen-bond acceptors (Lipinski definition) is 5. The average molecular weight is 254 g/mol. The molecule has 0 radical (unpaired) electrons. The topological polar surface area (TPSA) is 82.2 Å². The third-order valence-electron chi connectivity index (χ3n) is 3.29. The Balaban J connectivity index is 2.05. The molecule has 7 heteroatoms. The van der Waals surface area contributed by atoms with Gasteiger partial charge < -0.3 is 20.2 Å². The van der Waals surface area contributed by atoms with Crippen molar-refractivity contribution in [3.05, 3.63) is 15.9 Å². The number of nitrogens with zero attached hydrogens (tertiary/aromatic N) is 3. The molecule has 1 aromatic rings. The summed E-state index contributed by atoms with van der Waals surface area (Å²) in [5, 5.41) is 14.0. The molecular formula is C11H18N4O3. The number of nitro groups is 1. The lowest BCUT2D eigenvalue weighted by molar-refractivity contribution is -0.388. The van der Waals surface area contributed by atoms with Crippen LogP contribution >= 0.6 is 0 Å². The summed E-state index contributed by atoms with van der Waals surface area (Å²) in [4.78, 5) is 14.4. The monoisotopic (exact) mass is 254 g/mol. The summed E-state index contributed by atoms with van der Waals surface area (Å²) in [5.41, 5.74) is 0. The lowest BCUT2D eigenvalue weighted by Gasteiger charge is -2.22. The summed E-state index contributed by atoms with van der Waals surface area (Å²) >= 11 is 0. The Kier molecular flexibility index (Phi) is 3.81. The Morgan fingerprint density at radius 3 is 3.06 bits per heavy atom. The SMILES string of the molecule is Cc1nc([N+](=O)[O-])c(NCC2CCCOC2)n1C. The fourth-order valence-corrected chi connectivity index (χ4v) is 2.13. The van der Waals surface area contributed by atoms with Crippen molar-refractivity contribution in [3.63, 3.8) is 0 Å². The van der Waals surface area contributed by atoms with Gasteiger partial charge in [-0.15, -0.1) is 0 Å². The summed E-state index contributed by atoms with van der Waals surface area (Å²) in [7, 11) is 1.77. The third kappa shape index (κ3) is 2.61. The van der Waals surface area contributed by atoms with Crippen molar-refractivity contribution in [3.8, 4) is 0 Å². The Morgan fingerprint density at radius 1 is 1.67 bits per heavy atom. The van der Waals surface area contributed by atoms with Crippen LogP contribution < -0.4 is 5.32 Å². The number of anilines is 1. The maximum Gasteiger partial charge on any atom is 0.406 e. The highest BCUT2D eigenvalue weighted by atomic mass is 16.6. The number of nitrogens with one attached hydrogen (secondary N) is 1. The van der Waals surface area contributed by atoms with Gasteiger partial charge in [-0.2, -0.15) is 0 Å². The number of hydrogen-bond donors (Lipinski definition) is 1. The summed E-state index contributed by atoms with van der Waals surface area (Å²) in [6.45, 7) is 3.97. The number of ether oxygens (including phenoxy) is 1. The van der Waals surface area contributed by atoms with E-state index in [0.29, 0.717) is 24.1 Å². The van der Waals surface area contributed by atoms with Crippen LogP contribution in [0.4, 0.5) is 11.6 Å². The van der Waals surface area contributed by atoms with E-state index in [-0.39, 0.29) is 5.82 Å². The second-order valence-electron chi connectivity index (χ2n) is 4.61. The molecule has 1 aliphatic heterocycles. The van der Waals surface area contributed by atoms with Gasteiger partial charge in [-0.05, 0) is 28.7 Å². The highest BCUT2D eigenvalue weighted by molar-refractivity contribution is 5.53. The molecule has 0 aliphatic carbocycles. The van der Waals surface area contributed by atoms with Crippen molar-refractivity contribution in [1.82, 2.24) is 9.55 Å². The third-order valence-corrected chi connectivity index (χ3v) is 3.29. The maximum atomic E-state index is 10.9. The van der Waals surface area contributed by atoms with Gasteiger partial charge in [0, 0.05) is 27.1 Å². The van der Waals surface area contributed by atoms with Crippen molar-refractivity contribution >= 4 is 11.6 Å². The molecule has 0 spiro atoms. The number of imidazole rings is 1. The zero-order valence-corrected chi connectivity index (χ0v) is 10.7. The molecule has 100 valence electrons. The van der Waals surface area contributed by atoms with Gasteiger partial charge in [0.2, 0.25) is 11.6 Å². The first kappa shape index (κ1) is 12.8. The molecule has 0 saturated carbocycles. The van der Waals surface area contributed by atoms with Gasteiger partial charge in [0.1, 0.15) is 0 Å². The van der Waals surface area contributed by atoms with Crippen molar-refractivity contribution in [1.29, 1.82) is 0 Å². The van der Waals surface area contributed by atoms with Crippen LogP contribution in [0.5, 0.6) is 0 Å². The van der Waals surface area contributed by atoms with Crippen LogP contribution in [0.15, 0.2) is 0 Å². The van der Waals surface area contributed by atoms with E-state index in [1.807, 2.05) is 0 Å². The molecule has 2 rings (SSSR count). The van der Waals surface area contributed by atoms with Crippen LogP contribution in [-0.4, -0.2) is 34.2 Å². The second-order valence-corrected chi connectivity index (χ2v) is 4.61. The van der Waals surface area contributed by atoms with Crippen molar-refractivity contribution < 1.29 is 9.66 Å². The highest BCUT2D eigenvalue weighted by Crippen LogP contribution is 2.24. The molecule has 0 bridgehead atoms. The van der Waals surface area contributed by atoms with E-state index < -0.39 is 4.92 Å². The van der Waals surface area contributed by atoms with E-state index in [9.17, 15) is 10.1 Å². The van der Waals surface area contributed by atoms with Gasteiger partial charge in [0.05, 0.1) is 6.61 Å². The molecule has 1 saturated heterocycles. The van der Waals surface area contributed by atoms with Gasteiger partial charge in [-0.1, -0.05) is 0 Å². The largest absolute Gasteiger partial charge is 0.406 e. The zero-order chi connectivity index (χ0) is 13.1. The summed E-state index contributed by atoms with van der Waals surface area (Å²) in [5.74, 6) is 1.41. The average Bonchev–Trinajstić information content (AvgIpc) is 2.65. The minimum atomic E-state index is -0.452. The Hall–Kier alpha value is -1.63. The standard InChI is InChI=1S/C11H18N4O3/c1-8-13-11(15(16)17)10(14(8)2)12-6-9-4-3-5-18-7-9/h9,12H,3-7H2,1-2H3. The molecule has 7 nitrogen and oxygen atoms in total. The van der Waals surface area contributed by atoms with Crippen molar-refractivity contribution in [2.75, 3.05) is 25.1 Å². The molecule has 1 fully saturated rings. The van der Waals surface area contributed by atoms with Crippen molar-refractivity contribution in [2.24, 2.45) is 13.0 Å². The first-order valence-corrected chi connectivity index (χ1v) is 6.09. The smallest absolute Gasteiger partial charge is 0.381 e. The fourth-order valence-electron chi connectivity index (χ4n) is 2.13. The predicted octanol–water partition coefficient (Wildman–Crippen LogP) is 1.48. The molecule has 1 aromatic heterocycles. The summed E-state index contributed by atoms with van der Waals surface area (Å²) in [6, 6.07) is 0. The molecule has 2 heterocycles. The number of rotatable bonds is 4. The van der Waals surface area contributed by atoms with Crippen LogP contribution in [0.2, 0.25) is 0 Å². The van der Waals surface area contributed by atoms with E-state index in [1.54, 1.807) is 18.5 Å². The van der Waals surface area contributed by atoms with Gasteiger partial charge in [-0.25, -0.2) is 0 Å². The first-order chi connectivity index (χ1) is 8.59. The predicted molar refractivity (Wildman–Crippen MR) is 66.6 cm³/mol. The summed E-state index contributed by atoms with van der Waals surface area (Å²) < 4.78 is 7.10. The second kappa shape index (κ2) is 5.34. The molecule has 0 aromatic carbocycles. The van der Waals surface area contributed by atoms with E-state index in [2.05, 4.69) is 10.3 Å². The lowest BCUT2D eigenvalue weighted by atomic mass is 10.0. The van der Waals surface area contributed by atoms with Gasteiger partial charge >= 0.3 is 5.82 Å². The maximum absolute atomic E-state index is 10.9. The molecule has 1 atom stereocenters. The minimum absolute atomic E-state index is 0.105. The van der Waals surface area contributed by atoms with E-state index >= 15 is 0 Å². The lowest BCUT2D eigenvalue weighted by Crippen LogP contribution is -2.25. The molecular weight excluding hydrogens is 236 g/mol. The van der Waals surface area contributed by atoms with Gasteiger partial charge in [0.25, 0.3) is 0 Å². The first-order valence-electron chi connectivity index (χ1n) is 6.09. The minimum Gasteiger partial charge on any atom is -0.381 e. The van der Waals surface area contributed by atoms with Crippen LogP contribution in [-0.2, 0) is 11.8 Å². The zero-order valence-electron chi connectivity index (χ0n) is 10.7. The van der Waals surface area contributed by atoms with Crippen LogP contribution in [0.25, 0.3) is 0 Å². The Bertz CT molecular complexity index is 438. The molecule has 1 unspecified atom stereocenters. The number of aromatic nitrogens is 2. The van der Waals surface area contributed by atoms with Crippen molar-refractivity contribution in [2.45, 2.75) is 19.8 Å². The molecule has 18 heavy (non-hydrogen) atoms. The number of aryl methyl sites for hydroxylation is 1. The Labute approximate surface area is 105 Å². The van der Waals surface area contributed by atoms with E-state index in [1.165, 1.54) is 0 Å². The fraction of sp³-hybridized carbons (Fsp3) is 0.727. The Morgan fingerprint density at radius 2 is 2.44 bits per heavy atom. The van der Waals surface area contributed by atoms with Crippen LogP contribution in [0.3, 0.4) is 0 Å². The van der Waals surface area contributed by atoms with Gasteiger partial charge in [-0.3, -0.25) is 4.57 Å². The normalized spacial score (nSPS) is 19.8.